The molecule has 2 aliphatic heterocycles. The minimum Gasteiger partial charge on any atom is -0.383 e. The minimum absolute atomic E-state index is 0.0208. The van der Waals surface area contributed by atoms with Gasteiger partial charge in [-0.3, -0.25) is 9.59 Å². The molecule has 0 bridgehead atoms. The molecule has 2 amide bonds. The summed E-state index contributed by atoms with van der Waals surface area (Å²) in [5.41, 5.74) is 9.23. The van der Waals surface area contributed by atoms with Crippen LogP contribution in [0.4, 0.5) is 5.82 Å². The van der Waals surface area contributed by atoms with Crippen LogP contribution >= 0.6 is 11.3 Å². The number of likely N-dealkylation sites (tertiary alicyclic amines) is 2. The molecule has 0 unspecified atom stereocenters. The van der Waals surface area contributed by atoms with Gasteiger partial charge >= 0.3 is 0 Å². The second-order valence-electron chi connectivity index (χ2n) is 8.65. The Kier molecular flexibility index (Phi) is 5.55. The molecular formula is C24H27N5O2S. The van der Waals surface area contributed by atoms with Gasteiger partial charge in [0.15, 0.2) is 0 Å². The van der Waals surface area contributed by atoms with Crippen LogP contribution in [0.5, 0.6) is 0 Å². The molecule has 7 nitrogen and oxygen atoms in total. The van der Waals surface area contributed by atoms with E-state index in [1.165, 1.54) is 0 Å². The molecule has 5 rings (SSSR count). The fraction of sp³-hybridized carbons (Fsp3) is 0.417. The van der Waals surface area contributed by atoms with Crippen LogP contribution in [-0.4, -0.2) is 57.8 Å². The second-order valence-corrected chi connectivity index (χ2v) is 9.88. The summed E-state index contributed by atoms with van der Waals surface area (Å²) in [5, 5.41) is 1.00. The van der Waals surface area contributed by atoms with Gasteiger partial charge in [0.1, 0.15) is 5.82 Å². The average Bonchev–Trinajstić information content (AvgIpc) is 3.47. The first-order chi connectivity index (χ1) is 15.5. The molecule has 0 spiro atoms. The molecule has 2 N–H and O–H groups in total. The number of amides is 2. The number of nitrogen functional groups attached to an aromatic ring is 1. The number of thiazole rings is 1. The molecule has 166 valence electrons. The van der Waals surface area contributed by atoms with E-state index in [-0.39, 0.29) is 17.7 Å². The van der Waals surface area contributed by atoms with E-state index in [1.807, 2.05) is 47.1 Å². The number of piperidine rings is 1. The van der Waals surface area contributed by atoms with Crippen LogP contribution in [-0.2, 0) is 0 Å². The van der Waals surface area contributed by atoms with Gasteiger partial charge in [-0.1, -0.05) is 0 Å². The van der Waals surface area contributed by atoms with Crippen molar-refractivity contribution in [2.45, 2.75) is 38.5 Å². The molecular weight excluding hydrogens is 422 g/mol. The maximum absolute atomic E-state index is 13.0. The molecule has 0 atom stereocenters. The third-order valence-corrected chi connectivity index (χ3v) is 7.45. The highest BCUT2D eigenvalue weighted by Gasteiger charge is 2.27. The van der Waals surface area contributed by atoms with Crippen LogP contribution in [0, 0.1) is 6.92 Å². The zero-order chi connectivity index (χ0) is 22.2. The smallest absolute Gasteiger partial charge is 0.257 e. The van der Waals surface area contributed by atoms with Crippen LogP contribution in [0.25, 0.3) is 10.2 Å². The first kappa shape index (κ1) is 20.9. The number of nitrogens with zero attached hydrogens (tertiary/aromatic N) is 4. The van der Waals surface area contributed by atoms with E-state index in [0.717, 1.165) is 59.7 Å². The van der Waals surface area contributed by atoms with Crippen LogP contribution in [0.2, 0.25) is 0 Å². The monoisotopic (exact) mass is 449 g/mol. The Morgan fingerprint density at radius 2 is 1.69 bits per heavy atom. The highest BCUT2D eigenvalue weighted by Crippen LogP contribution is 2.30. The standard InChI is InChI=1S/C24H27N5O2S/c1-15-26-20-6-4-17(14-21(20)32-15)23(30)29-12-8-16(9-13-29)19-7-5-18(22(25)27-19)24(31)28-10-2-3-11-28/h4-7,14,16H,2-3,8-13H2,1H3,(H2,25,27). The average molecular weight is 450 g/mol. The lowest BCUT2D eigenvalue weighted by atomic mass is 9.92. The Bertz CT molecular complexity index is 1180. The number of pyridine rings is 1. The number of anilines is 1. The van der Waals surface area contributed by atoms with E-state index >= 15 is 0 Å². The normalized spacial score (nSPS) is 17.3. The summed E-state index contributed by atoms with van der Waals surface area (Å²) >= 11 is 1.61. The zero-order valence-electron chi connectivity index (χ0n) is 18.2. The topological polar surface area (TPSA) is 92.4 Å². The predicted octanol–water partition coefficient (Wildman–Crippen LogP) is 3.84. The van der Waals surface area contributed by atoms with Gasteiger partial charge in [0.2, 0.25) is 0 Å². The summed E-state index contributed by atoms with van der Waals surface area (Å²) in [5.74, 6) is 0.595. The van der Waals surface area contributed by atoms with Gasteiger partial charge in [0.05, 0.1) is 20.8 Å². The number of rotatable bonds is 3. The van der Waals surface area contributed by atoms with Crippen molar-refractivity contribution in [1.29, 1.82) is 0 Å². The summed E-state index contributed by atoms with van der Waals surface area (Å²) in [7, 11) is 0. The third-order valence-electron chi connectivity index (χ3n) is 6.51. The summed E-state index contributed by atoms with van der Waals surface area (Å²) in [4.78, 5) is 38.5. The lowest BCUT2D eigenvalue weighted by Gasteiger charge is -2.32. The molecule has 0 aliphatic carbocycles. The fourth-order valence-corrected chi connectivity index (χ4v) is 5.59. The highest BCUT2D eigenvalue weighted by atomic mass is 32.1. The Morgan fingerprint density at radius 3 is 2.41 bits per heavy atom. The number of fused-ring (bicyclic) bond motifs is 1. The van der Waals surface area contributed by atoms with Crippen molar-refractivity contribution in [3.63, 3.8) is 0 Å². The Morgan fingerprint density at radius 1 is 0.969 bits per heavy atom. The third kappa shape index (κ3) is 3.95. The molecule has 3 aromatic rings. The zero-order valence-corrected chi connectivity index (χ0v) is 19.0. The van der Waals surface area contributed by atoms with Crippen LogP contribution in [0.3, 0.4) is 0 Å². The lowest BCUT2D eigenvalue weighted by Crippen LogP contribution is -2.38. The highest BCUT2D eigenvalue weighted by molar-refractivity contribution is 7.18. The second kappa shape index (κ2) is 8.50. The van der Waals surface area contributed by atoms with Gasteiger partial charge < -0.3 is 15.5 Å². The Hall–Kier alpha value is -3.00. The van der Waals surface area contributed by atoms with Gasteiger partial charge in [-0.05, 0) is 62.9 Å². The minimum atomic E-state index is -0.0208. The summed E-state index contributed by atoms with van der Waals surface area (Å²) < 4.78 is 1.05. The molecule has 0 saturated carbocycles. The van der Waals surface area contributed by atoms with E-state index < -0.39 is 0 Å². The molecule has 2 aromatic heterocycles. The largest absolute Gasteiger partial charge is 0.383 e. The number of hydrogen-bond donors (Lipinski definition) is 1. The molecule has 8 heteroatoms. The molecule has 2 fully saturated rings. The molecule has 0 radical (unpaired) electrons. The summed E-state index contributed by atoms with van der Waals surface area (Å²) in [6.45, 7) is 4.93. The van der Waals surface area contributed by atoms with Crippen molar-refractivity contribution in [3.8, 4) is 0 Å². The van der Waals surface area contributed by atoms with Crippen LogP contribution in [0.15, 0.2) is 30.3 Å². The number of carbonyl (C=O) groups is 2. The summed E-state index contributed by atoms with van der Waals surface area (Å²) in [6, 6.07) is 9.50. The van der Waals surface area contributed by atoms with Gasteiger partial charge in [-0.15, -0.1) is 11.3 Å². The maximum atomic E-state index is 13.0. The lowest BCUT2D eigenvalue weighted by molar-refractivity contribution is 0.0711. The first-order valence-corrected chi connectivity index (χ1v) is 12.0. The van der Waals surface area contributed by atoms with Crippen molar-refractivity contribution in [1.82, 2.24) is 19.8 Å². The fourth-order valence-electron chi connectivity index (χ4n) is 4.72. The van der Waals surface area contributed by atoms with Crippen molar-refractivity contribution >= 4 is 39.2 Å². The quantitative estimate of drug-likeness (QED) is 0.656. The van der Waals surface area contributed by atoms with Gasteiger partial charge in [0, 0.05) is 43.4 Å². The Balaban J connectivity index is 1.24. The number of nitrogens with two attached hydrogens (primary N) is 1. The molecule has 4 heterocycles. The molecule has 2 saturated heterocycles. The van der Waals surface area contributed by atoms with Gasteiger partial charge in [-0.25, -0.2) is 9.97 Å². The maximum Gasteiger partial charge on any atom is 0.257 e. The van der Waals surface area contributed by atoms with E-state index in [1.54, 1.807) is 11.3 Å². The predicted molar refractivity (Wildman–Crippen MR) is 126 cm³/mol. The Labute approximate surface area is 191 Å². The van der Waals surface area contributed by atoms with Crippen molar-refractivity contribution in [3.05, 3.63) is 52.2 Å². The van der Waals surface area contributed by atoms with E-state index in [4.69, 9.17) is 5.73 Å². The van der Waals surface area contributed by atoms with Gasteiger partial charge in [-0.2, -0.15) is 0 Å². The van der Waals surface area contributed by atoms with Crippen molar-refractivity contribution in [2.24, 2.45) is 0 Å². The number of hydrogen-bond acceptors (Lipinski definition) is 6. The number of aryl methyl sites for hydroxylation is 1. The van der Waals surface area contributed by atoms with Crippen LogP contribution < -0.4 is 5.73 Å². The van der Waals surface area contributed by atoms with Crippen LogP contribution in [0.1, 0.15) is 63.0 Å². The summed E-state index contributed by atoms with van der Waals surface area (Å²) in [6.07, 6.45) is 3.76. The molecule has 2 aliphatic rings. The van der Waals surface area contributed by atoms with E-state index in [9.17, 15) is 9.59 Å². The van der Waals surface area contributed by atoms with Crippen molar-refractivity contribution < 1.29 is 9.59 Å². The van der Waals surface area contributed by atoms with Gasteiger partial charge in [0.25, 0.3) is 11.8 Å². The number of aromatic nitrogens is 2. The molecule has 1 aromatic carbocycles. The van der Waals surface area contributed by atoms with Crippen molar-refractivity contribution in [2.75, 3.05) is 31.9 Å². The number of carbonyl (C=O) groups excluding carboxylic acids is 2. The SMILES string of the molecule is Cc1nc2ccc(C(=O)N3CCC(c4ccc(C(=O)N5CCCC5)c(N)n4)CC3)cc2s1. The van der Waals surface area contributed by atoms with E-state index in [2.05, 4.69) is 9.97 Å². The first-order valence-electron chi connectivity index (χ1n) is 11.2. The van der Waals surface area contributed by atoms with E-state index in [0.29, 0.717) is 30.0 Å². The number of benzene rings is 1. The molecule has 32 heavy (non-hydrogen) atoms.